The highest BCUT2D eigenvalue weighted by atomic mass is 32.2. The second-order valence-corrected chi connectivity index (χ2v) is 5.47. The van der Waals surface area contributed by atoms with Crippen LogP contribution in [0.5, 0.6) is 0 Å². The van der Waals surface area contributed by atoms with E-state index in [1.54, 1.807) is 11.8 Å². The molecular weight excluding hydrogens is 196 g/mol. The van der Waals surface area contributed by atoms with Gasteiger partial charge in [0, 0.05) is 6.54 Å². The van der Waals surface area contributed by atoms with E-state index >= 15 is 0 Å². The smallest absolute Gasteiger partial charge is 0.237 e. The van der Waals surface area contributed by atoms with Gasteiger partial charge in [-0.25, -0.2) is 0 Å². The minimum Gasteiger partial charge on any atom is -0.355 e. The van der Waals surface area contributed by atoms with Crippen LogP contribution in [-0.2, 0) is 4.79 Å². The summed E-state index contributed by atoms with van der Waals surface area (Å²) in [5.74, 6) is 1.03. The number of hydrogen-bond donors (Lipinski definition) is 2. The Morgan fingerprint density at radius 1 is 1.50 bits per heavy atom. The Balaban J connectivity index is 3.74. The molecule has 1 atom stereocenters. The SMILES string of the molecule is CSCCCNC(=O)[C@H](N)C(C)(C)C. The number of carbonyl (C=O) groups excluding carboxylic acids is 1. The first kappa shape index (κ1) is 13.8. The zero-order valence-electron chi connectivity index (χ0n) is 9.59. The molecule has 3 nitrogen and oxygen atoms in total. The summed E-state index contributed by atoms with van der Waals surface area (Å²) < 4.78 is 0. The number of nitrogens with two attached hydrogens (primary N) is 1. The summed E-state index contributed by atoms with van der Waals surface area (Å²) in [6, 6.07) is -0.420. The highest BCUT2D eigenvalue weighted by Crippen LogP contribution is 2.16. The summed E-state index contributed by atoms with van der Waals surface area (Å²) in [4.78, 5) is 11.5. The summed E-state index contributed by atoms with van der Waals surface area (Å²) >= 11 is 1.78. The number of rotatable bonds is 5. The Morgan fingerprint density at radius 3 is 2.50 bits per heavy atom. The van der Waals surface area contributed by atoms with E-state index in [4.69, 9.17) is 5.73 Å². The van der Waals surface area contributed by atoms with Gasteiger partial charge in [-0.3, -0.25) is 4.79 Å². The quantitative estimate of drug-likeness (QED) is 0.682. The lowest BCUT2D eigenvalue weighted by molar-refractivity contribution is -0.124. The van der Waals surface area contributed by atoms with Gasteiger partial charge in [-0.2, -0.15) is 11.8 Å². The van der Waals surface area contributed by atoms with Crippen LogP contribution in [0.15, 0.2) is 0 Å². The average molecular weight is 218 g/mol. The largest absolute Gasteiger partial charge is 0.355 e. The van der Waals surface area contributed by atoms with E-state index in [1.807, 2.05) is 20.8 Å². The fourth-order valence-electron chi connectivity index (χ4n) is 0.931. The molecule has 0 saturated carbocycles. The second-order valence-electron chi connectivity index (χ2n) is 4.48. The first-order chi connectivity index (χ1) is 6.39. The van der Waals surface area contributed by atoms with E-state index in [0.29, 0.717) is 0 Å². The van der Waals surface area contributed by atoms with E-state index in [-0.39, 0.29) is 11.3 Å². The van der Waals surface area contributed by atoms with E-state index in [1.165, 1.54) is 0 Å². The monoisotopic (exact) mass is 218 g/mol. The number of thioether (sulfide) groups is 1. The highest BCUT2D eigenvalue weighted by molar-refractivity contribution is 7.98. The number of nitrogens with one attached hydrogen (secondary N) is 1. The summed E-state index contributed by atoms with van der Waals surface area (Å²) in [5, 5.41) is 2.85. The molecule has 0 bridgehead atoms. The maximum atomic E-state index is 11.5. The van der Waals surface area contributed by atoms with Gasteiger partial charge in [0.1, 0.15) is 0 Å². The van der Waals surface area contributed by atoms with Crippen LogP contribution in [0.4, 0.5) is 0 Å². The Morgan fingerprint density at radius 2 is 2.07 bits per heavy atom. The minimum atomic E-state index is -0.420. The summed E-state index contributed by atoms with van der Waals surface area (Å²) in [7, 11) is 0. The van der Waals surface area contributed by atoms with Crippen LogP contribution in [0.1, 0.15) is 27.2 Å². The van der Waals surface area contributed by atoms with Crippen molar-refractivity contribution >= 4 is 17.7 Å². The maximum absolute atomic E-state index is 11.5. The van der Waals surface area contributed by atoms with Gasteiger partial charge in [0.25, 0.3) is 0 Å². The molecule has 0 aliphatic heterocycles. The third kappa shape index (κ3) is 5.50. The molecule has 0 aromatic heterocycles. The van der Waals surface area contributed by atoms with Gasteiger partial charge in [-0.15, -0.1) is 0 Å². The third-order valence-corrected chi connectivity index (χ3v) is 2.74. The van der Waals surface area contributed by atoms with Crippen molar-refractivity contribution in [1.29, 1.82) is 0 Å². The van der Waals surface area contributed by atoms with Crippen molar-refractivity contribution in [1.82, 2.24) is 5.32 Å². The van der Waals surface area contributed by atoms with Crippen molar-refractivity contribution in [3.63, 3.8) is 0 Å². The van der Waals surface area contributed by atoms with Crippen LogP contribution in [0.25, 0.3) is 0 Å². The predicted octanol–water partition coefficient (Wildman–Crippen LogP) is 1.23. The molecule has 0 aromatic carbocycles. The van der Waals surface area contributed by atoms with Gasteiger partial charge < -0.3 is 11.1 Å². The fraction of sp³-hybridized carbons (Fsp3) is 0.900. The Bertz CT molecular complexity index is 177. The molecule has 0 rings (SSSR count). The molecule has 0 unspecified atom stereocenters. The van der Waals surface area contributed by atoms with Gasteiger partial charge in [-0.1, -0.05) is 20.8 Å². The lowest BCUT2D eigenvalue weighted by Gasteiger charge is -2.25. The molecule has 0 radical (unpaired) electrons. The van der Waals surface area contributed by atoms with Gasteiger partial charge in [0.15, 0.2) is 0 Å². The molecule has 0 aromatic rings. The van der Waals surface area contributed by atoms with Crippen LogP contribution in [0, 0.1) is 5.41 Å². The van der Waals surface area contributed by atoms with Gasteiger partial charge in [0.2, 0.25) is 5.91 Å². The van der Waals surface area contributed by atoms with Crippen molar-refractivity contribution in [3.05, 3.63) is 0 Å². The Labute approximate surface area is 91.2 Å². The van der Waals surface area contributed by atoms with Crippen LogP contribution in [0.2, 0.25) is 0 Å². The number of carbonyl (C=O) groups is 1. The predicted molar refractivity (Wildman–Crippen MR) is 63.4 cm³/mol. The minimum absolute atomic E-state index is 0.0430. The van der Waals surface area contributed by atoms with E-state index in [0.717, 1.165) is 18.7 Å². The molecule has 84 valence electrons. The molecule has 0 fully saturated rings. The van der Waals surface area contributed by atoms with Crippen molar-refractivity contribution in [2.45, 2.75) is 33.2 Å². The molecule has 0 spiro atoms. The molecule has 1 amide bonds. The molecular formula is C10H22N2OS. The number of hydrogen-bond acceptors (Lipinski definition) is 3. The van der Waals surface area contributed by atoms with Crippen LogP contribution in [0.3, 0.4) is 0 Å². The van der Waals surface area contributed by atoms with Crippen LogP contribution < -0.4 is 11.1 Å². The molecule has 0 saturated heterocycles. The summed E-state index contributed by atoms with van der Waals surface area (Å²) in [5.41, 5.74) is 5.63. The first-order valence-corrected chi connectivity index (χ1v) is 6.31. The lowest BCUT2D eigenvalue weighted by Crippen LogP contribution is -2.48. The Hall–Kier alpha value is -0.220. The average Bonchev–Trinajstić information content (AvgIpc) is 2.09. The molecule has 14 heavy (non-hydrogen) atoms. The standard InChI is InChI=1S/C10H22N2OS/c1-10(2,3)8(11)9(13)12-6-5-7-14-4/h8H,5-7,11H2,1-4H3,(H,12,13)/t8-/m0/s1. The summed E-state index contributed by atoms with van der Waals surface area (Å²) in [6.07, 6.45) is 3.06. The summed E-state index contributed by atoms with van der Waals surface area (Å²) in [6.45, 7) is 6.64. The molecule has 0 aliphatic rings. The van der Waals surface area contributed by atoms with Gasteiger partial charge in [0.05, 0.1) is 6.04 Å². The molecule has 0 aliphatic carbocycles. The van der Waals surface area contributed by atoms with Crippen molar-refractivity contribution < 1.29 is 4.79 Å². The molecule has 0 heterocycles. The van der Waals surface area contributed by atoms with Crippen molar-refractivity contribution in [3.8, 4) is 0 Å². The third-order valence-electron chi connectivity index (χ3n) is 2.04. The maximum Gasteiger partial charge on any atom is 0.237 e. The fourth-order valence-corrected chi connectivity index (χ4v) is 1.36. The zero-order valence-corrected chi connectivity index (χ0v) is 10.4. The zero-order chi connectivity index (χ0) is 11.2. The van der Waals surface area contributed by atoms with Gasteiger partial charge >= 0.3 is 0 Å². The van der Waals surface area contributed by atoms with Crippen LogP contribution in [-0.4, -0.2) is 30.5 Å². The van der Waals surface area contributed by atoms with Crippen molar-refractivity contribution in [2.24, 2.45) is 11.1 Å². The van der Waals surface area contributed by atoms with Crippen molar-refractivity contribution in [2.75, 3.05) is 18.6 Å². The van der Waals surface area contributed by atoms with Gasteiger partial charge in [-0.05, 0) is 23.8 Å². The number of amides is 1. The second kappa shape index (κ2) is 6.30. The normalized spacial score (nSPS) is 13.8. The van der Waals surface area contributed by atoms with E-state index < -0.39 is 6.04 Å². The van der Waals surface area contributed by atoms with Crippen LogP contribution >= 0.6 is 11.8 Å². The lowest BCUT2D eigenvalue weighted by atomic mass is 9.87. The molecule has 3 N–H and O–H groups in total. The first-order valence-electron chi connectivity index (χ1n) is 4.92. The Kier molecular flexibility index (Phi) is 6.20. The van der Waals surface area contributed by atoms with E-state index in [9.17, 15) is 4.79 Å². The molecule has 4 heteroatoms. The highest BCUT2D eigenvalue weighted by Gasteiger charge is 2.26. The topological polar surface area (TPSA) is 55.1 Å². The van der Waals surface area contributed by atoms with E-state index in [2.05, 4.69) is 11.6 Å².